The predicted octanol–water partition coefficient (Wildman–Crippen LogP) is 1.46. The van der Waals surface area contributed by atoms with Crippen LogP contribution in [-0.4, -0.2) is 37.3 Å². The smallest absolute Gasteiger partial charge is 0.277 e. The molecule has 0 saturated heterocycles. The van der Waals surface area contributed by atoms with Crippen LogP contribution in [0.5, 0.6) is 0 Å². The van der Waals surface area contributed by atoms with E-state index in [2.05, 4.69) is 5.10 Å². The summed E-state index contributed by atoms with van der Waals surface area (Å²) in [5.74, 6) is -0.572. The Morgan fingerprint density at radius 1 is 1.38 bits per heavy atom. The van der Waals surface area contributed by atoms with Crippen LogP contribution in [0, 0.1) is 6.92 Å². The highest BCUT2D eigenvalue weighted by molar-refractivity contribution is 7.90. The number of carbonyl (C=O) groups excluding carboxylic acids is 1. The first-order valence-electron chi connectivity index (χ1n) is 6.90. The van der Waals surface area contributed by atoms with Gasteiger partial charge in [0.1, 0.15) is 5.56 Å². The first-order valence-corrected chi connectivity index (χ1v) is 9.17. The number of H-pyrrole nitrogens is 1. The molecule has 9 heteroatoms. The van der Waals surface area contributed by atoms with Crippen molar-refractivity contribution in [2.75, 3.05) is 13.4 Å². The van der Waals surface area contributed by atoms with Crippen molar-refractivity contribution in [3.63, 3.8) is 0 Å². The highest BCUT2D eigenvalue weighted by Crippen LogP contribution is 2.30. The average Bonchev–Trinajstić information content (AvgIpc) is 2.72. The number of nitrogens with one attached hydrogen (secondary N) is 1. The zero-order chi connectivity index (χ0) is 18.2. The van der Waals surface area contributed by atoms with Crippen LogP contribution in [-0.2, 0) is 28.2 Å². The number of sulfone groups is 1. The fraction of sp³-hybridized carbons (Fsp3) is 0.333. The molecule has 0 unspecified atom stereocenters. The van der Waals surface area contributed by atoms with Crippen LogP contribution in [0.25, 0.3) is 0 Å². The summed E-state index contributed by atoms with van der Waals surface area (Å²) < 4.78 is 30.0. The number of ether oxygens (including phenoxy) is 1. The Balaban J connectivity index is 2.70. The van der Waals surface area contributed by atoms with Gasteiger partial charge >= 0.3 is 0 Å². The van der Waals surface area contributed by atoms with E-state index in [0.29, 0.717) is 5.69 Å². The lowest BCUT2D eigenvalue weighted by Gasteiger charge is -2.12. The number of carbonyl (C=O) groups is 1. The third-order valence-corrected chi connectivity index (χ3v) is 5.20. The molecule has 0 aliphatic rings. The van der Waals surface area contributed by atoms with Crippen molar-refractivity contribution in [1.29, 1.82) is 0 Å². The Bertz CT molecular complexity index is 972. The van der Waals surface area contributed by atoms with Crippen molar-refractivity contribution in [2.45, 2.75) is 18.4 Å². The number of aryl methyl sites for hydroxylation is 2. The monoisotopic (exact) mass is 372 g/mol. The lowest BCUT2D eigenvalue weighted by Crippen LogP contribution is -2.20. The van der Waals surface area contributed by atoms with E-state index in [1.807, 2.05) is 0 Å². The van der Waals surface area contributed by atoms with Crippen molar-refractivity contribution >= 4 is 27.2 Å². The molecule has 0 aliphatic carbocycles. The van der Waals surface area contributed by atoms with E-state index in [1.165, 1.54) is 31.0 Å². The minimum atomic E-state index is -3.55. The van der Waals surface area contributed by atoms with Gasteiger partial charge in [-0.2, -0.15) is 0 Å². The quantitative estimate of drug-likeness (QED) is 0.801. The van der Waals surface area contributed by atoms with Crippen LogP contribution in [0.2, 0.25) is 5.02 Å². The molecular weight excluding hydrogens is 356 g/mol. The molecule has 24 heavy (non-hydrogen) atoms. The molecule has 0 bridgehead atoms. The maximum absolute atomic E-state index is 12.7. The molecule has 7 nitrogen and oxygen atoms in total. The normalized spacial score (nSPS) is 11.7. The van der Waals surface area contributed by atoms with Crippen LogP contribution < -0.4 is 5.56 Å². The maximum atomic E-state index is 12.7. The molecule has 1 N–H and O–H groups in total. The van der Waals surface area contributed by atoms with Gasteiger partial charge in [0.05, 0.1) is 16.5 Å². The number of aromatic amines is 1. The Morgan fingerprint density at radius 2 is 2.00 bits per heavy atom. The Labute approximate surface area is 144 Å². The van der Waals surface area contributed by atoms with Crippen molar-refractivity contribution in [1.82, 2.24) is 9.78 Å². The van der Waals surface area contributed by atoms with Gasteiger partial charge in [-0.3, -0.25) is 19.4 Å². The number of aromatic nitrogens is 2. The van der Waals surface area contributed by atoms with Gasteiger partial charge in [0.25, 0.3) is 5.56 Å². The number of hydrogen-bond donors (Lipinski definition) is 1. The second-order valence-corrected chi connectivity index (χ2v) is 7.78. The molecule has 2 aromatic rings. The molecule has 1 heterocycles. The Kier molecular flexibility index (Phi) is 5.03. The van der Waals surface area contributed by atoms with E-state index in [-0.39, 0.29) is 33.2 Å². The Morgan fingerprint density at radius 3 is 2.46 bits per heavy atom. The van der Waals surface area contributed by atoms with E-state index in [9.17, 15) is 18.0 Å². The second kappa shape index (κ2) is 6.54. The summed E-state index contributed by atoms with van der Waals surface area (Å²) in [4.78, 5) is 24.8. The van der Waals surface area contributed by atoms with Crippen molar-refractivity contribution < 1.29 is 17.9 Å². The topological polar surface area (TPSA) is 98.2 Å². The van der Waals surface area contributed by atoms with Crippen LogP contribution in [0.4, 0.5) is 0 Å². The van der Waals surface area contributed by atoms with E-state index in [1.54, 1.807) is 6.92 Å². The third kappa shape index (κ3) is 3.17. The first-order chi connectivity index (χ1) is 11.1. The zero-order valence-corrected chi connectivity index (χ0v) is 15.2. The summed E-state index contributed by atoms with van der Waals surface area (Å²) in [6, 6.07) is 2.61. The van der Waals surface area contributed by atoms with Crippen LogP contribution in [0.3, 0.4) is 0 Å². The fourth-order valence-electron chi connectivity index (χ4n) is 2.49. The van der Waals surface area contributed by atoms with Crippen molar-refractivity contribution in [3.8, 4) is 0 Å². The van der Waals surface area contributed by atoms with E-state index < -0.39 is 21.2 Å². The molecular formula is C15H17ClN2O5S. The molecule has 1 aromatic carbocycles. The second-order valence-electron chi connectivity index (χ2n) is 5.41. The summed E-state index contributed by atoms with van der Waals surface area (Å²) in [6.45, 7) is 1.52. The summed E-state index contributed by atoms with van der Waals surface area (Å²) >= 11 is 6.27. The van der Waals surface area contributed by atoms with Crippen LogP contribution in [0.1, 0.15) is 27.2 Å². The maximum Gasteiger partial charge on any atom is 0.277 e. The SMILES string of the molecule is COCc1c(S(C)(=O)=O)ccc(C(=O)c2c(C)[nH]n(C)c2=O)c1Cl. The van der Waals surface area contributed by atoms with Gasteiger partial charge in [-0.25, -0.2) is 8.42 Å². The molecule has 0 radical (unpaired) electrons. The van der Waals surface area contributed by atoms with Crippen molar-refractivity contribution in [3.05, 3.63) is 49.9 Å². The van der Waals surface area contributed by atoms with Gasteiger partial charge in [-0.1, -0.05) is 11.6 Å². The Hall–Kier alpha value is -1.90. The number of ketones is 1. The average molecular weight is 373 g/mol. The van der Waals surface area contributed by atoms with Gasteiger partial charge < -0.3 is 4.74 Å². The molecule has 130 valence electrons. The number of methoxy groups -OCH3 is 1. The molecule has 0 fully saturated rings. The highest BCUT2D eigenvalue weighted by atomic mass is 35.5. The van der Waals surface area contributed by atoms with E-state index >= 15 is 0 Å². The minimum absolute atomic E-state index is 0.00964. The molecule has 0 amide bonds. The standard InChI is InChI=1S/C15H17ClN2O5S/c1-8-12(15(20)18(2)17-8)14(19)9-5-6-11(24(4,21)22)10(7-23-3)13(9)16/h5-6,17H,7H2,1-4H3. The fourth-order valence-corrected chi connectivity index (χ4v) is 3.78. The largest absolute Gasteiger partial charge is 0.380 e. The molecule has 0 saturated carbocycles. The number of nitrogens with zero attached hydrogens (tertiary/aromatic N) is 1. The number of benzene rings is 1. The number of hydrogen-bond acceptors (Lipinski definition) is 5. The number of halogens is 1. The van der Waals surface area contributed by atoms with Crippen LogP contribution >= 0.6 is 11.6 Å². The molecule has 0 spiro atoms. The van der Waals surface area contributed by atoms with Gasteiger partial charge in [0.2, 0.25) is 5.78 Å². The number of rotatable bonds is 5. The van der Waals surface area contributed by atoms with Gasteiger partial charge in [0.15, 0.2) is 9.84 Å². The summed E-state index contributed by atoms with van der Waals surface area (Å²) in [7, 11) is -0.657. The molecule has 0 aliphatic heterocycles. The zero-order valence-electron chi connectivity index (χ0n) is 13.6. The molecule has 1 aromatic heterocycles. The van der Waals surface area contributed by atoms with E-state index in [4.69, 9.17) is 16.3 Å². The van der Waals surface area contributed by atoms with E-state index in [0.717, 1.165) is 6.26 Å². The molecule has 2 rings (SSSR count). The summed E-state index contributed by atoms with van der Waals surface area (Å²) in [5, 5.41) is 2.71. The van der Waals surface area contributed by atoms with Crippen molar-refractivity contribution in [2.24, 2.45) is 7.05 Å². The first kappa shape index (κ1) is 18.4. The minimum Gasteiger partial charge on any atom is -0.380 e. The predicted molar refractivity (Wildman–Crippen MR) is 89.5 cm³/mol. The summed E-state index contributed by atoms with van der Waals surface area (Å²) in [6.07, 6.45) is 1.05. The van der Waals surface area contributed by atoms with Gasteiger partial charge in [0, 0.05) is 37.2 Å². The third-order valence-electron chi connectivity index (χ3n) is 3.59. The van der Waals surface area contributed by atoms with Gasteiger partial charge in [-0.15, -0.1) is 0 Å². The lowest BCUT2D eigenvalue weighted by molar-refractivity contribution is 0.103. The van der Waals surface area contributed by atoms with Crippen LogP contribution in [0.15, 0.2) is 21.8 Å². The molecule has 0 atom stereocenters. The summed E-state index contributed by atoms with van der Waals surface area (Å²) in [5.41, 5.74) is 0.140. The highest BCUT2D eigenvalue weighted by Gasteiger charge is 2.25. The lowest BCUT2D eigenvalue weighted by atomic mass is 10.0. The van der Waals surface area contributed by atoms with Gasteiger partial charge in [-0.05, 0) is 19.1 Å².